The van der Waals surface area contributed by atoms with Crippen molar-refractivity contribution in [1.82, 2.24) is 0 Å². The molecule has 0 aliphatic rings. The normalized spacial score (nSPS) is 10.1. The number of hydrogen-bond acceptors (Lipinski definition) is 6. The maximum absolute atomic E-state index is 12.2. The molecule has 0 unspecified atom stereocenters. The van der Waals surface area contributed by atoms with Gasteiger partial charge in [-0.1, -0.05) is 0 Å². The molecule has 0 aliphatic carbocycles. The van der Waals surface area contributed by atoms with Gasteiger partial charge >= 0.3 is 11.9 Å². The number of aliphatic carboxylic acids is 1. The van der Waals surface area contributed by atoms with Gasteiger partial charge in [0, 0.05) is 18.2 Å². The molecule has 2 aromatic carbocycles. The van der Waals surface area contributed by atoms with Gasteiger partial charge in [0.1, 0.15) is 17.2 Å². The van der Waals surface area contributed by atoms with Gasteiger partial charge in [-0.05, 0) is 36.4 Å². The van der Waals surface area contributed by atoms with Crippen LogP contribution in [0.3, 0.4) is 0 Å². The molecule has 2 aromatic rings. The average molecular weight is 345 g/mol. The highest BCUT2D eigenvalue weighted by Gasteiger charge is 2.17. The van der Waals surface area contributed by atoms with Crippen LogP contribution in [-0.4, -0.2) is 33.2 Å². The third-order valence-electron chi connectivity index (χ3n) is 3.16. The molecule has 4 N–H and O–H groups in total. The molecule has 0 aliphatic heterocycles. The minimum atomic E-state index is -1.18. The predicted octanol–water partition coefficient (Wildman–Crippen LogP) is 1.90. The van der Waals surface area contributed by atoms with Gasteiger partial charge in [0.2, 0.25) is 0 Å². The van der Waals surface area contributed by atoms with Crippen LogP contribution < -0.4 is 10.1 Å². The van der Waals surface area contributed by atoms with Crippen molar-refractivity contribution < 1.29 is 34.4 Å². The zero-order valence-corrected chi connectivity index (χ0v) is 13.1. The Labute approximate surface area is 142 Å². The van der Waals surface area contributed by atoms with E-state index in [0.717, 1.165) is 12.1 Å². The van der Waals surface area contributed by atoms with Crippen molar-refractivity contribution in [1.29, 1.82) is 0 Å². The maximum Gasteiger partial charge on any atom is 0.308 e. The minimum absolute atomic E-state index is 0.00714. The van der Waals surface area contributed by atoms with Crippen molar-refractivity contribution in [2.45, 2.75) is 13.3 Å². The summed E-state index contributed by atoms with van der Waals surface area (Å²) in [4.78, 5) is 33.7. The van der Waals surface area contributed by atoms with Crippen molar-refractivity contribution in [3.63, 3.8) is 0 Å². The number of carbonyl (C=O) groups excluding carboxylic acids is 2. The summed E-state index contributed by atoms with van der Waals surface area (Å²) in [6.07, 6.45) is -0.487. The van der Waals surface area contributed by atoms with E-state index >= 15 is 0 Å². The molecule has 8 heteroatoms. The first-order valence-electron chi connectivity index (χ1n) is 7.12. The second-order valence-corrected chi connectivity index (χ2v) is 5.14. The first kappa shape index (κ1) is 17.8. The zero-order valence-electron chi connectivity index (χ0n) is 13.1. The van der Waals surface area contributed by atoms with Crippen LogP contribution in [0, 0.1) is 0 Å². The van der Waals surface area contributed by atoms with Gasteiger partial charge in [-0.3, -0.25) is 14.4 Å². The number of phenols is 2. The van der Waals surface area contributed by atoms with Crippen LogP contribution >= 0.6 is 0 Å². The van der Waals surface area contributed by atoms with Crippen LogP contribution in [0.25, 0.3) is 0 Å². The Morgan fingerprint density at radius 2 is 1.68 bits per heavy atom. The van der Waals surface area contributed by atoms with Gasteiger partial charge in [-0.15, -0.1) is 0 Å². The molecule has 8 nitrogen and oxygen atoms in total. The van der Waals surface area contributed by atoms with Crippen LogP contribution in [0.1, 0.15) is 22.8 Å². The van der Waals surface area contributed by atoms with Crippen molar-refractivity contribution in [2.24, 2.45) is 0 Å². The number of benzene rings is 2. The number of rotatable bonds is 5. The summed E-state index contributed by atoms with van der Waals surface area (Å²) in [6.45, 7) is 1.26. The molecular formula is C17H15NO7. The molecule has 0 spiro atoms. The summed E-state index contributed by atoms with van der Waals surface area (Å²) in [5.74, 6) is -2.91. The fourth-order valence-corrected chi connectivity index (χ4v) is 2.08. The lowest BCUT2D eigenvalue weighted by molar-refractivity contribution is -0.136. The van der Waals surface area contributed by atoms with E-state index in [4.69, 9.17) is 9.84 Å². The minimum Gasteiger partial charge on any atom is -0.508 e. The first-order chi connectivity index (χ1) is 11.8. The predicted molar refractivity (Wildman–Crippen MR) is 86.8 cm³/mol. The standard InChI is InChI=1S/C17H15NO7/c1-9(19)25-12-4-2-11(3-5-12)18-17(24)13-8-14(20)10(6-15(13)21)7-16(22)23/h2-6,8,20-21H,7H2,1H3,(H,18,24)(H,22,23). The Morgan fingerprint density at radius 3 is 2.24 bits per heavy atom. The summed E-state index contributed by atoms with van der Waals surface area (Å²) < 4.78 is 4.87. The fraction of sp³-hybridized carbons (Fsp3) is 0.118. The topological polar surface area (TPSA) is 133 Å². The molecule has 0 saturated heterocycles. The van der Waals surface area contributed by atoms with Gasteiger partial charge in [-0.25, -0.2) is 0 Å². The fourth-order valence-electron chi connectivity index (χ4n) is 2.08. The van der Waals surface area contributed by atoms with E-state index in [2.05, 4.69) is 5.32 Å². The SMILES string of the molecule is CC(=O)Oc1ccc(NC(=O)c2cc(O)c(CC(=O)O)cc2O)cc1. The number of ether oxygens (including phenoxy) is 1. The lowest BCUT2D eigenvalue weighted by Crippen LogP contribution is -2.12. The van der Waals surface area contributed by atoms with Crippen molar-refractivity contribution >= 4 is 23.5 Å². The summed E-state index contributed by atoms with van der Waals surface area (Å²) >= 11 is 0. The number of hydrogen-bond donors (Lipinski definition) is 4. The highest BCUT2D eigenvalue weighted by Crippen LogP contribution is 2.28. The number of esters is 1. The lowest BCUT2D eigenvalue weighted by Gasteiger charge is -2.10. The van der Waals surface area contributed by atoms with E-state index in [1.54, 1.807) is 0 Å². The monoisotopic (exact) mass is 345 g/mol. The third-order valence-corrected chi connectivity index (χ3v) is 3.16. The number of aromatic hydroxyl groups is 2. The maximum atomic E-state index is 12.2. The number of phenolic OH excluding ortho intramolecular Hbond substituents is 2. The summed E-state index contributed by atoms with van der Waals surface area (Å²) in [7, 11) is 0. The second kappa shape index (κ2) is 7.35. The first-order valence-corrected chi connectivity index (χ1v) is 7.12. The molecule has 25 heavy (non-hydrogen) atoms. The van der Waals surface area contributed by atoms with Crippen molar-refractivity contribution in [2.75, 3.05) is 5.32 Å². The van der Waals surface area contributed by atoms with Crippen molar-refractivity contribution in [3.8, 4) is 17.2 Å². The quantitative estimate of drug-likeness (QED) is 0.369. The van der Waals surface area contributed by atoms with Gasteiger partial charge in [0.05, 0.1) is 12.0 Å². The second-order valence-electron chi connectivity index (χ2n) is 5.14. The van der Waals surface area contributed by atoms with E-state index in [-0.39, 0.29) is 11.1 Å². The number of carbonyl (C=O) groups is 3. The number of nitrogens with one attached hydrogen (secondary N) is 1. The Morgan fingerprint density at radius 1 is 1.04 bits per heavy atom. The summed E-state index contributed by atoms with van der Waals surface area (Å²) in [5, 5.41) is 30.9. The summed E-state index contributed by atoms with van der Waals surface area (Å²) in [6, 6.07) is 7.96. The van der Waals surface area contributed by atoms with Crippen LogP contribution in [0.15, 0.2) is 36.4 Å². The molecule has 0 fully saturated rings. The van der Waals surface area contributed by atoms with Gasteiger partial charge in [0.25, 0.3) is 5.91 Å². The highest BCUT2D eigenvalue weighted by molar-refractivity contribution is 6.06. The molecule has 0 aromatic heterocycles. The number of carboxylic acid groups (broad SMARTS) is 1. The van der Waals surface area contributed by atoms with E-state index in [0.29, 0.717) is 11.4 Å². The Bertz CT molecular complexity index is 828. The number of carboxylic acids is 1. The van der Waals surface area contributed by atoms with Crippen LogP contribution in [0.4, 0.5) is 5.69 Å². The Balaban J connectivity index is 2.16. The Hall–Kier alpha value is -3.55. The molecule has 0 atom stereocenters. The van der Waals surface area contributed by atoms with Gasteiger partial charge < -0.3 is 25.4 Å². The van der Waals surface area contributed by atoms with Gasteiger partial charge in [0.15, 0.2) is 0 Å². The van der Waals surface area contributed by atoms with E-state index < -0.39 is 35.8 Å². The molecule has 130 valence electrons. The molecule has 0 saturated carbocycles. The van der Waals surface area contributed by atoms with Crippen molar-refractivity contribution in [3.05, 3.63) is 47.5 Å². The third kappa shape index (κ3) is 4.71. The summed E-state index contributed by atoms with van der Waals surface area (Å²) in [5.41, 5.74) is 0.150. The largest absolute Gasteiger partial charge is 0.508 e. The van der Waals surface area contributed by atoms with Gasteiger partial charge in [-0.2, -0.15) is 0 Å². The molecule has 0 heterocycles. The smallest absolute Gasteiger partial charge is 0.308 e. The molecular weight excluding hydrogens is 330 g/mol. The van der Waals surface area contributed by atoms with E-state index in [9.17, 15) is 24.6 Å². The number of anilines is 1. The van der Waals surface area contributed by atoms with Crippen LogP contribution in [0.5, 0.6) is 17.2 Å². The average Bonchev–Trinajstić information content (AvgIpc) is 2.51. The zero-order chi connectivity index (χ0) is 18.6. The molecule has 0 bridgehead atoms. The van der Waals surface area contributed by atoms with Crippen LogP contribution in [0.2, 0.25) is 0 Å². The Kier molecular flexibility index (Phi) is 5.23. The lowest BCUT2D eigenvalue weighted by atomic mass is 10.1. The highest BCUT2D eigenvalue weighted by atomic mass is 16.5. The van der Waals surface area contributed by atoms with Crippen LogP contribution in [-0.2, 0) is 16.0 Å². The van der Waals surface area contributed by atoms with E-state index in [1.165, 1.54) is 31.2 Å². The molecule has 0 radical (unpaired) electrons. The number of amides is 1. The molecule has 1 amide bonds. The molecule has 2 rings (SSSR count). The van der Waals surface area contributed by atoms with E-state index in [1.807, 2.05) is 0 Å².